The topological polar surface area (TPSA) is 49.3 Å². The van der Waals surface area contributed by atoms with Crippen molar-refractivity contribution in [1.29, 1.82) is 0 Å². The van der Waals surface area contributed by atoms with Crippen LogP contribution < -0.4 is 5.32 Å². The normalized spacial score (nSPS) is 10.2. The van der Waals surface area contributed by atoms with Gasteiger partial charge >= 0.3 is 5.97 Å². The van der Waals surface area contributed by atoms with Crippen molar-refractivity contribution in [1.82, 2.24) is 0 Å². The number of anilines is 1. The van der Waals surface area contributed by atoms with Crippen LogP contribution in [0.3, 0.4) is 0 Å². The van der Waals surface area contributed by atoms with Crippen LogP contribution in [0.1, 0.15) is 15.9 Å². The average Bonchev–Trinajstić information content (AvgIpc) is 2.39. The van der Waals surface area contributed by atoms with E-state index >= 15 is 0 Å². The molecule has 0 fully saturated rings. The molecule has 0 saturated carbocycles. The van der Waals surface area contributed by atoms with Gasteiger partial charge in [0.2, 0.25) is 0 Å². The van der Waals surface area contributed by atoms with Crippen molar-refractivity contribution in [2.45, 2.75) is 6.54 Å². The highest BCUT2D eigenvalue weighted by Crippen LogP contribution is 2.25. The second kappa shape index (κ2) is 6.08. The highest BCUT2D eigenvalue weighted by molar-refractivity contribution is 9.10. The van der Waals surface area contributed by atoms with Crippen molar-refractivity contribution in [3.8, 4) is 0 Å². The summed E-state index contributed by atoms with van der Waals surface area (Å²) >= 11 is 9.51. The van der Waals surface area contributed by atoms with E-state index in [0.717, 1.165) is 10.0 Å². The maximum absolute atomic E-state index is 10.8. The first kappa shape index (κ1) is 13.9. The first-order chi connectivity index (χ1) is 9.08. The molecule has 0 unspecified atom stereocenters. The summed E-state index contributed by atoms with van der Waals surface area (Å²) in [6, 6.07) is 12.5. The minimum Gasteiger partial charge on any atom is -0.478 e. The lowest BCUT2D eigenvalue weighted by Gasteiger charge is -2.10. The van der Waals surface area contributed by atoms with E-state index in [9.17, 15) is 4.79 Å². The summed E-state index contributed by atoms with van der Waals surface area (Å²) in [4.78, 5) is 10.8. The Hall–Kier alpha value is -1.52. The van der Waals surface area contributed by atoms with E-state index in [1.165, 1.54) is 12.1 Å². The molecular weight excluding hydrogens is 330 g/mol. The van der Waals surface area contributed by atoms with Crippen molar-refractivity contribution in [3.63, 3.8) is 0 Å². The molecule has 0 amide bonds. The fourth-order valence-corrected chi connectivity index (χ4v) is 2.30. The molecule has 0 heterocycles. The molecule has 0 bridgehead atoms. The second-order valence-corrected chi connectivity index (χ2v) is 5.21. The monoisotopic (exact) mass is 339 g/mol. The number of carboxylic acids is 1. The lowest BCUT2D eigenvalue weighted by atomic mass is 10.2. The molecule has 2 N–H and O–H groups in total. The van der Waals surface area contributed by atoms with E-state index in [-0.39, 0.29) is 5.56 Å². The predicted octanol–water partition coefficient (Wildman–Crippen LogP) is 4.41. The molecule has 0 aliphatic heterocycles. The third kappa shape index (κ3) is 3.49. The lowest BCUT2D eigenvalue weighted by Crippen LogP contribution is -2.02. The van der Waals surface area contributed by atoms with Gasteiger partial charge in [-0.25, -0.2) is 4.79 Å². The third-order valence-corrected chi connectivity index (χ3v) is 3.73. The van der Waals surface area contributed by atoms with Crippen LogP contribution in [0.2, 0.25) is 5.02 Å². The summed E-state index contributed by atoms with van der Waals surface area (Å²) in [6.45, 7) is 0.605. The molecule has 0 aliphatic carbocycles. The van der Waals surface area contributed by atoms with E-state index in [4.69, 9.17) is 16.7 Å². The van der Waals surface area contributed by atoms with Crippen molar-refractivity contribution in [2.75, 3.05) is 5.32 Å². The van der Waals surface area contributed by atoms with Crippen molar-refractivity contribution in [2.24, 2.45) is 0 Å². The van der Waals surface area contributed by atoms with Gasteiger partial charge in [0.15, 0.2) is 0 Å². The van der Waals surface area contributed by atoms with Crippen LogP contribution >= 0.6 is 27.5 Å². The average molecular weight is 341 g/mol. The van der Waals surface area contributed by atoms with E-state index < -0.39 is 5.97 Å². The van der Waals surface area contributed by atoms with Gasteiger partial charge in [-0.1, -0.05) is 45.7 Å². The molecule has 5 heteroatoms. The first-order valence-corrected chi connectivity index (χ1v) is 6.75. The smallest absolute Gasteiger partial charge is 0.335 e. The number of nitrogens with one attached hydrogen (secondary N) is 1. The second-order valence-electron chi connectivity index (χ2n) is 3.94. The molecule has 0 aromatic heterocycles. The number of hydrogen-bond acceptors (Lipinski definition) is 2. The third-order valence-electron chi connectivity index (χ3n) is 2.64. The largest absolute Gasteiger partial charge is 0.478 e. The maximum atomic E-state index is 10.8. The molecule has 19 heavy (non-hydrogen) atoms. The van der Waals surface area contributed by atoms with Crippen LogP contribution in [-0.4, -0.2) is 11.1 Å². The fourth-order valence-electron chi connectivity index (χ4n) is 1.62. The van der Waals surface area contributed by atoms with E-state index in [1.54, 1.807) is 6.07 Å². The minimum absolute atomic E-state index is 0.177. The van der Waals surface area contributed by atoms with Crippen molar-refractivity contribution in [3.05, 3.63) is 63.1 Å². The molecule has 0 saturated heterocycles. The van der Waals surface area contributed by atoms with Gasteiger partial charge in [-0.15, -0.1) is 0 Å². The number of hydrogen-bond donors (Lipinski definition) is 2. The zero-order chi connectivity index (χ0) is 13.8. The maximum Gasteiger partial charge on any atom is 0.335 e. The molecular formula is C14H11BrClNO2. The van der Waals surface area contributed by atoms with Gasteiger partial charge in [-0.05, 0) is 29.8 Å². The fraction of sp³-hybridized carbons (Fsp3) is 0.0714. The van der Waals surface area contributed by atoms with Crippen LogP contribution in [0.25, 0.3) is 0 Å². The van der Waals surface area contributed by atoms with Gasteiger partial charge in [0.1, 0.15) is 0 Å². The minimum atomic E-state index is -0.987. The Kier molecular flexibility index (Phi) is 4.45. The van der Waals surface area contributed by atoms with Crippen molar-refractivity contribution >= 4 is 39.2 Å². The first-order valence-electron chi connectivity index (χ1n) is 5.58. The van der Waals surface area contributed by atoms with Crippen LogP contribution in [0.15, 0.2) is 46.9 Å². The summed E-state index contributed by atoms with van der Waals surface area (Å²) in [6.07, 6.45) is 0. The van der Waals surface area contributed by atoms with E-state index in [0.29, 0.717) is 17.3 Å². The van der Waals surface area contributed by atoms with Gasteiger partial charge in [0.05, 0.1) is 16.3 Å². The molecule has 2 aromatic carbocycles. The Morgan fingerprint density at radius 1 is 1.26 bits per heavy atom. The van der Waals surface area contributed by atoms with Crippen LogP contribution in [-0.2, 0) is 6.54 Å². The molecule has 2 aromatic rings. The summed E-state index contributed by atoms with van der Waals surface area (Å²) in [5.41, 5.74) is 1.99. The summed E-state index contributed by atoms with van der Waals surface area (Å²) in [5, 5.41) is 12.4. The SMILES string of the molecule is O=C(O)c1ccc(NCc2ccccc2Br)c(Cl)c1. The Morgan fingerprint density at radius 2 is 2.00 bits per heavy atom. The number of carboxylic acid groups (broad SMARTS) is 1. The van der Waals surface area contributed by atoms with Crippen LogP contribution in [0.5, 0.6) is 0 Å². The number of halogens is 2. The molecule has 0 radical (unpaired) electrons. The quantitative estimate of drug-likeness (QED) is 0.866. The van der Waals surface area contributed by atoms with Gasteiger partial charge in [-0.3, -0.25) is 0 Å². The standard InChI is InChI=1S/C14H11BrClNO2/c15-11-4-2-1-3-10(11)8-17-13-6-5-9(14(18)19)7-12(13)16/h1-7,17H,8H2,(H,18,19). The van der Waals surface area contributed by atoms with Gasteiger partial charge in [0, 0.05) is 11.0 Å². The summed E-state index contributed by atoms with van der Waals surface area (Å²) < 4.78 is 1.01. The predicted molar refractivity (Wildman–Crippen MR) is 79.9 cm³/mol. The Bertz CT molecular complexity index is 616. The zero-order valence-electron chi connectivity index (χ0n) is 9.86. The molecule has 0 atom stereocenters. The molecule has 0 spiro atoms. The highest BCUT2D eigenvalue weighted by Gasteiger charge is 2.07. The van der Waals surface area contributed by atoms with Gasteiger partial charge < -0.3 is 10.4 Å². The summed E-state index contributed by atoms with van der Waals surface area (Å²) in [5.74, 6) is -0.987. The number of benzene rings is 2. The van der Waals surface area contributed by atoms with Crippen LogP contribution in [0.4, 0.5) is 5.69 Å². The number of rotatable bonds is 4. The molecule has 98 valence electrons. The zero-order valence-corrected chi connectivity index (χ0v) is 12.2. The molecule has 3 nitrogen and oxygen atoms in total. The van der Waals surface area contributed by atoms with Gasteiger partial charge in [-0.2, -0.15) is 0 Å². The Balaban J connectivity index is 2.12. The van der Waals surface area contributed by atoms with E-state index in [2.05, 4.69) is 21.2 Å². The van der Waals surface area contributed by atoms with Crippen molar-refractivity contribution < 1.29 is 9.90 Å². The highest BCUT2D eigenvalue weighted by atomic mass is 79.9. The Morgan fingerprint density at radius 3 is 2.63 bits per heavy atom. The Labute approximate surface area is 124 Å². The van der Waals surface area contributed by atoms with Gasteiger partial charge in [0.25, 0.3) is 0 Å². The molecule has 2 rings (SSSR count). The van der Waals surface area contributed by atoms with E-state index in [1.807, 2.05) is 24.3 Å². The van der Waals surface area contributed by atoms with Crippen LogP contribution in [0, 0.1) is 0 Å². The number of aromatic carboxylic acids is 1. The lowest BCUT2D eigenvalue weighted by molar-refractivity contribution is 0.0697. The molecule has 0 aliphatic rings. The number of carbonyl (C=O) groups is 1. The summed E-state index contributed by atoms with van der Waals surface area (Å²) in [7, 11) is 0.